The van der Waals surface area contributed by atoms with Crippen LogP contribution in [0, 0.1) is 0 Å². The molecule has 0 aliphatic carbocycles. The van der Waals surface area contributed by atoms with E-state index in [0.29, 0.717) is 0 Å². The monoisotopic (exact) mass is 1150 g/mol. The van der Waals surface area contributed by atoms with E-state index in [1.807, 2.05) is 0 Å². The van der Waals surface area contributed by atoms with Gasteiger partial charge >= 0.3 is 61.3 Å². The molecule has 0 aromatic heterocycles. The van der Waals surface area contributed by atoms with Gasteiger partial charge in [-0.2, -0.15) is 105 Å². The molecule has 74 heavy (non-hydrogen) atoms. The largest absolute Gasteiger partial charge is 0.464 e. The van der Waals surface area contributed by atoms with Crippen LogP contribution in [-0.2, 0) is 86.7 Å². The van der Waals surface area contributed by atoms with E-state index in [2.05, 4.69) is 9.47 Å². The standard InChI is InChI=1S/C40H24F24O8P2/c1-3-69-31(65)29(71-73(67,25-9-17(33(41,42)43)5-18(10-25)34(44,45)46)26-11-19(35(47,48)49)6-20(12-26)36(50,51)52)30(32(66)70-4-2)72-74(68,27-13-21(37(53,54)55)7-22(14-27)38(56,57)58)28-15-23(39(59,60)61)8-24(16-28)40(62,63)64/h5-16,29-30H,3-4H2,1-2H3/t29-,30-/m1/s1. The van der Waals surface area contributed by atoms with Crippen LogP contribution in [0.15, 0.2) is 72.8 Å². The second kappa shape index (κ2) is 20.6. The zero-order valence-corrected chi connectivity index (χ0v) is 37.5. The Hall–Kier alpha value is -5.48. The third kappa shape index (κ3) is 14.1. The minimum Gasteiger partial charge on any atom is -0.464 e. The fourth-order valence-corrected chi connectivity index (χ4v) is 10.8. The number of rotatable bonds is 13. The first-order valence-corrected chi connectivity index (χ1v) is 22.5. The maximum absolute atomic E-state index is 15.4. The first kappa shape index (κ1) is 61.1. The summed E-state index contributed by atoms with van der Waals surface area (Å²) in [6.45, 7) is -0.948. The second-order valence-corrected chi connectivity index (χ2v) is 19.4. The molecular formula is C40H24F24O8P2. The molecule has 0 radical (unpaired) electrons. The van der Waals surface area contributed by atoms with Crippen molar-refractivity contribution in [3.8, 4) is 0 Å². The Morgan fingerprint density at radius 3 is 0.608 bits per heavy atom. The minimum absolute atomic E-state index is 0.709. The van der Waals surface area contributed by atoms with Gasteiger partial charge in [0.05, 0.1) is 57.7 Å². The molecule has 0 bridgehead atoms. The van der Waals surface area contributed by atoms with Gasteiger partial charge in [-0.15, -0.1) is 0 Å². The highest BCUT2D eigenvalue weighted by molar-refractivity contribution is 7.74. The summed E-state index contributed by atoms with van der Waals surface area (Å²) < 4.78 is 391. The zero-order valence-electron chi connectivity index (χ0n) is 35.7. The third-order valence-corrected chi connectivity index (χ3v) is 14.3. The van der Waals surface area contributed by atoms with Crippen molar-refractivity contribution in [2.45, 2.75) is 75.5 Å². The van der Waals surface area contributed by atoms with Crippen molar-refractivity contribution in [2.75, 3.05) is 13.2 Å². The number of ether oxygens (including phenoxy) is 2. The molecular weight excluding hydrogens is 1130 g/mol. The molecule has 0 aliphatic rings. The average molecular weight is 1150 g/mol. The van der Waals surface area contributed by atoms with Crippen molar-refractivity contribution in [3.05, 3.63) is 117 Å². The Morgan fingerprint density at radius 1 is 0.338 bits per heavy atom. The summed E-state index contributed by atoms with van der Waals surface area (Å²) in [5, 5.41) is -9.36. The average Bonchev–Trinajstić information content (AvgIpc) is 3.24. The Bertz CT molecular complexity index is 2360. The summed E-state index contributed by atoms with van der Waals surface area (Å²) in [7, 11) is -14.3. The molecule has 4 aromatic rings. The fourth-order valence-electron chi connectivity index (χ4n) is 6.19. The molecule has 0 saturated carbocycles. The van der Waals surface area contributed by atoms with E-state index in [0.717, 1.165) is 13.8 Å². The molecule has 0 unspecified atom stereocenters. The van der Waals surface area contributed by atoms with Gasteiger partial charge in [0, 0.05) is 21.2 Å². The number of carbonyl (C=O) groups excluding carboxylic acids is 2. The SMILES string of the molecule is CCOC(=O)[C@H](OP(=O)(c1cc(C(F)(F)F)cc(C(F)(F)F)c1)c1cc(C(F)(F)F)cc(C(F)(F)F)c1)[C@@H](OP(=O)(c1cc(C(F)(F)F)cc(C(F)(F)F)c1)c1cc(C(F)(F)F)cc(C(F)(F)F)c1)C(=O)OCC. The van der Waals surface area contributed by atoms with Crippen LogP contribution < -0.4 is 21.2 Å². The van der Waals surface area contributed by atoms with E-state index in [1.54, 1.807) is 0 Å². The summed E-state index contributed by atoms with van der Waals surface area (Å²) in [5.74, 6) is -5.24. The molecule has 0 fully saturated rings. The minimum atomic E-state index is -7.16. The second-order valence-electron chi connectivity index (χ2n) is 14.7. The smallest absolute Gasteiger partial charge is 0.416 e. The summed E-state index contributed by atoms with van der Waals surface area (Å²) >= 11 is 0. The molecule has 4 rings (SSSR count). The van der Waals surface area contributed by atoms with E-state index in [1.165, 1.54) is 0 Å². The predicted molar refractivity (Wildman–Crippen MR) is 203 cm³/mol. The summed E-state index contributed by atoms with van der Waals surface area (Å²) in [5.41, 5.74) is -21.0. The molecule has 2 atom stereocenters. The lowest BCUT2D eigenvalue weighted by molar-refractivity contribution is -0.168. The number of alkyl halides is 24. The summed E-state index contributed by atoms with van der Waals surface area (Å²) in [6, 6.07) is -8.84. The van der Waals surface area contributed by atoms with Crippen molar-refractivity contribution in [3.63, 3.8) is 0 Å². The van der Waals surface area contributed by atoms with Crippen LogP contribution in [0.4, 0.5) is 105 Å². The molecule has 0 aliphatic heterocycles. The van der Waals surface area contributed by atoms with Crippen LogP contribution in [0.1, 0.15) is 58.4 Å². The molecule has 410 valence electrons. The van der Waals surface area contributed by atoms with Crippen LogP contribution in [0.2, 0.25) is 0 Å². The Balaban J connectivity index is 2.35. The van der Waals surface area contributed by atoms with E-state index < -0.39 is 240 Å². The van der Waals surface area contributed by atoms with Gasteiger partial charge in [0.2, 0.25) is 0 Å². The van der Waals surface area contributed by atoms with Crippen molar-refractivity contribution < 1.29 is 143 Å². The summed E-state index contributed by atoms with van der Waals surface area (Å²) in [4.78, 5) is 27.8. The number of benzene rings is 4. The lowest BCUT2D eigenvalue weighted by Crippen LogP contribution is -2.47. The quantitative estimate of drug-likeness (QED) is 0.0741. The number of halogens is 24. The molecule has 0 heterocycles. The molecule has 0 amide bonds. The highest BCUT2D eigenvalue weighted by Gasteiger charge is 2.52. The van der Waals surface area contributed by atoms with E-state index in [9.17, 15) is 115 Å². The van der Waals surface area contributed by atoms with Crippen molar-refractivity contribution in [2.24, 2.45) is 0 Å². The van der Waals surface area contributed by atoms with Gasteiger partial charge in [-0.1, -0.05) is 0 Å². The Morgan fingerprint density at radius 2 is 0.486 bits per heavy atom. The van der Waals surface area contributed by atoms with Crippen LogP contribution in [0.5, 0.6) is 0 Å². The first-order chi connectivity index (χ1) is 33.2. The third-order valence-electron chi connectivity index (χ3n) is 9.49. The molecule has 0 spiro atoms. The molecule has 34 heteroatoms. The van der Waals surface area contributed by atoms with E-state index in [-0.39, 0.29) is 0 Å². The lowest BCUT2D eigenvalue weighted by atomic mass is 10.1. The van der Waals surface area contributed by atoms with Crippen molar-refractivity contribution >= 4 is 47.9 Å². The van der Waals surface area contributed by atoms with Crippen molar-refractivity contribution in [1.29, 1.82) is 0 Å². The number of carbonyl (C=O) groups is 2. The highest BCUT2D eigenvalue weighted by atomic mass is 31.2. The van der Waals surface area contributed by atoms with E-state index in [4.69, 9.17) is 9.05 Å². The van der Waals surface area contributed by atoms with Crippen LogP contribution in [0.25, 0.3) is 0 Å². The van der Waals surface area contributed by atoms with Gasteiger partial charge in [0.25, 0.3) is 14.7 Å². The highest BCUT2D eigenvalue weighted by Crippen LogP contribution is 2.55. The molecule has 4 aromatic carbocycles. The van der Waals surface area contributed by atoms with Crippen molar-refractivity contribution in [1.82, 2.24) is 0 Å². The van der Waals surface area contributed by atoms with Crippen LogP contribution in [0.3, 0.4) is 0 Å². The maximum Gasteiger partial charge on any atom is 0.416 e. The Kier molecular flexibility index (Phi) is 17.0. The maximum atomic E-state index is 15.4. The van der Waals surface area contributed by atoms with Gasteiger partial charge in [-0.05, 0) is 86.6 Å². The molecule has 0 N–H and O–H groups in total. The predicted octanol–water partition coefficient (Wildman–Crippen LogP) is 12.9. The Labute approximate surface area is 396 Å². The lowest BCUT2D eigenvalue weighted by Gasteiger charge is -2.32. The van der Waals surface area contributed by atoms with Crippen LogP contribution >= 0.6 is 14.7 Å². The zero-order chi connectivity index (χ0) is 57.0. The van der Waals surface area contributed by atoms with Gasteiger partial charge in [-0.25, -0.2) is 9.59 Å². The summed E-state index contributed by atoms with van der Waals surface area (Å²) in [6.07, 6.45) is -56.8. The first-order valence-electron chi connectivity index (χ1n) is 19.3. The van der Waals surface area contributed by atoms with E-state index >= 15 is 9.13 Å². The fraction of sp³-hybridized carbons (Fsp3) is 0.350. The normalized spacial score (nSPS) is 14.7. The number of hydrogen-bond donors (Lipinski definition) is 0. The molecule has 0 saturated heterocycles. The topological polar surface area (TPSA) is 105 Å². The number of hydrogen-bond acceptors (Lipinski definition) is 8. The van der Waals surface area contributed by atoms with Gasteiger partial charge in [-0.3, -0.25) is 9.13 Å². The number of esters is 2. The van der Waals surface area contributed by atoms with Gasteiger partial charge < -0.3 is 18.5 Å². The van der Waals surface area contributed by atoms with Gasteiger partial charge in [0.15, 0.2) is 12.2 Å². The van der Waals surface area contributed by atoms with Crippen LogP contribution in [-0.4, -0.2) is 37.4 Å². The van der Waals surface area contributed by atoms with Gasteiger partial charge in [0.1, 0.15) is 0 Å². The molecule has 8 nitrogen and oxygen atoms in total.